The van der Waals surface area contributed by atoms with Gasteiger partial charge in [0.25, 0.3) is 0 Å². The van der Waals surface area contributed by atoms with Crippen molar-refractivity contribution in [2.75, 3.05) is 7.11 Å². The lowest BCUT2D eigenvalue weighted by Gasteiger charge is -2.33. The molecule has 90 valence electrons. The van der Waals surface area contributed by atoms with Crippen LogP contribution in [0.15, 0.2) is 42.0 Å². The molecule has 0 saturated heterocycles. The predicted octanol–water partition coefficient (Wildman–Crippen LogP) is 3.23. The van der Waals surface area contributed by atoms with Gasteiger partial charge in [0.1, 0.15) is 0 Å². The minimum absolute atomic E-state index is 0.0551. The van der Waals surface area contributed by atoms with Crippen LogP contribution in [0.1, 0.15) is 31.7 Å². The van der Waals surface area contributed by atoms with Crippen molar-refractivity contribution >= 4 is 5.97 Å². The molecule has 1 aliphatic carbocycles. The number of carbonyl (C=O) groups excluding carboxylic acids is 1. The fraction of sp³-hybridized carbons (Fsp3) is 0.400. The number of esters is 1. The quantitative estimate of drug-likeness (QED) is 0.729. The van der Waals surface area contributed by atoms with Gasteiger partial charge in [0.05, 0.1) is 7.11 Å². The molecule has 0 spiro atoms. The van der Waals surface area contributed by atoms with Gasteiger partial charge in [-0.2, -0.15) is 0 Å². The number of ether oxygens (including phenoxy) is 1. The zero-order chi connectivity index (χ0) is 12.3. The zero-order valence-corrected chi connectivity index (χ0v) is 10.4. The monoisotopic (exact) mass is 230 g/mol. The molecule has 0 bridgehead atoms. The van der Waals surface area contributed by atoms with Gasteiger partial charge in [-0.05, 0) is 30.2 Å². The van der Waals surface area contributed by atoms with Crippen LogP contribution in [0.5, 0.6) is 0 Å². The first-order valence-electron chi connectivity index (χ1n) is 5.98. The molecule has 0 radical (unpaired) electrons. The predicted molar refractivity (Wildman–Crippen MR) is 67.7 cm³/mol. The second-order valence-corrected chi connectivity index (χ2v) is 4.86. The number of hydrogen-bond donors (Lipinski definition) is 0. The van der Waals surface area contributed by atoms with Crippen LogP contribution in [0, 0.1) is 0 Å². The molecule has 1 aromatic carbocycles. The van der Waals surface area contributed by atoms with Gasteiger partial charge in [-0.3, -0.25) is 0 Å². The summed E-state index contributed by atoms with van der Waals surface area (Å²) in [6.07, 6.45) is 4.80. The normalized spacial score (nSPS) is 24.0. The summed E-state index contributed by atoms with van der Waals surface area (Å²) < 4.78 is 4.81. The van der Waals surface area contributed by atoms with Crippen molar-refractivity contribution in [3.05, 3.63) is 47.5 Å². The molecule has 17 heavy (non-hydrogen) atoms. The average Bonchev–Trinajstić information content (AvgIpc) is 2.39. The fourth-order valence-electron chi connectivity index (χ4n) is 2.52. The molecule has 0 fully saturated rings. The summed E-state index contributed by atoms with van der Waals surface area (Å²) in [6, 6.07) is 10.4. The lowest BCUT2D eigenvalue weighted by Crippen LogP contribution is -2.27. The first-order valence-corrected chi connectivity index (χ1v) is 5.98. The third kappa shape index (κ3) is 2.41. The number of carbonyl (C=O) groups is 1. The summed E-state index contributed by atoms with van der Waals surface area (Å²) in [5.41, 5.74) is 2.17. The van der Waals surface area contributed by atoms with E-state index in [1.54, 1.807) is 0 Å². The van der Waals surface area contributed by atoms with Crippen molar-refractivity contribution in [1.29, 1.82) is 0 Å². The van der Waals surface area contributed by atoms with Gasteiger partial charge in [-0.15, -0.1) is 0 Å². The molecular formula is C15H18O2. The highest BCUT2D eigenvalue weighted by Gasteiger charge is 2.32. The number of rotatable bonds is 2. The second kappa shape index (κ2) is 4.74. The van der Waals surface area contributed by atoms with Crippen LogP contribution in [0.4, 0.5) is 0 Å². The van der Waals surface area contributed by atoms with Crippen LogP contribution in [0.2, 0.25) is 0 Å². The highest BCUT2D eigenvalue weighted by Crippen LogP contribution is 2.39. The van der Waals surface area contributed by atoms with Gasteiger partial charge < -0.3 is 4.74 Å². The Labute approximate surface area is 102 Å². The maximum absolute atomic E-state index is 11.6. The Bertz CT molecular complexity index is 433. The molecule has 1 aromatic rings. The van der Waals surface area contributed by atoms with Gasteiger partial charge in [0, 0.05) is 5.57 Å². The van der Waals surface area contributed by atoms with Crippen molar-refractivity contribution in [2.45, 2.75) is 31.6 Å². The van der Waals surface area contributed by atoms with E-state index in [0.29, 0.717) is 0 Å². The molecule has 2 rings (SSSR count). The van der Waals surface area contributed by atoms with Crippen LogP contribution in [0.25, 0.3) is 0 Å². The SMILES string of the molecule is COC(=O)C1=CCCC(C)(c2ccccc2)C1. The maximum atomic E-state index is 11.6. The molecular weight excluding hydrogens is 212 g/mol. The molecule has 0 aromatic heterocycles. The van der Waals surface area contributed by atoms with E-state index in [2.05, 4.69) is 31.2 Å². The van der Waals surface area contributed by atoms with Gasteiger partial charge >= 0.3 is 5.97 Å². The van der Waals surface area contributed by atoms with Crippen LogP contribution in [-0.2, 0) is 14.9 Å². The summed E-state index contributed by atoms with van der Waals surface area (Å²) >= 11 is 0. The molecule has 0 N–H and O–H groups in total. The highest BCUT2D eigenvalue weighted by molar-refractivity contribution is 5.88. The highest BCUT2D eigenvalue weighted by atomic mass is 16.5. The van der Waals surface area contributed by atoms with Gasteiger partial charge in [0.15, 0.2) is 0 Å². The summed E-state index contributed by atoms with van der Waals surface area (Å²) in [5.74, 6) is -0.188. The van der Waals surface area contributed by atoms with Gasteiger partial charge in [-0.1, -0.05) is 43.3 Å². The van der Waals surface area contributed by atoms with Crippen LogP contribution in [0.3, 0.4) is 0 Å². The minimum atomic E-state index is -0.188. The average molecular weight is 230 g/mol. The smallest absolute Gasteiger partial charge is 0.333 e. The summed E-state index contributed by atoms with van der Waals surface area (Å²) in [6.45, 7) is 2.22. The summed E-state index contributed by atoms with van der Waals surface area (Å²) in [5, 5.41) is 0. The number of methoxy groups -OCH3 is 1. The zero-order valence-electron chi connectivity index (χ0n) is 10.4. The Balaban J connectivity index is 2.24. The van der Waals surface area contributed by atoms with Crippen molar-refractivity contribution < 1.29 is 9.53 Å². The molecule has 1 aliphatic rings. The van der Waals surface area contributed by atoms with E-state index in [4.69, 9.17) is 4.74 Å². The number of allylic oxidation sites excluding steroid dienone is 1. The van der Waals surface area contributed by atoms with E-state index < -0.39 is 0 Å². The standard InChI is InChI=1S/C15H18O2/c1-15(13-8-4-3-5-9-13)10-6-7-12(11-15)14(16)17-2/h3-5,7-9H,6,10-11H2,1-2H3. The van der Waals surface area contributed by atoms with Crippen molar-refractivity contribution in [3.8, 4) is 0 Å². The van der Waals surface area contributed by atoms with E-state index in [9.17, 15) is 4.79 Å². The first kappa shape index (κ1) is 11.9. The van der Waals surface area contributed by atoms with E-state index in [0.717, 1.165) is 24.8 Å². The van der Waals surface area contributed by atoms with Crippen molar-refractivity contribution in [3.63, 3.8) is 0 Å². The van der Waals surface area contributed by atoms with Gasteiger partial charge in [-0.25, -0.2) is 4.79 Å². The molecule has 0 heterocycles. The topological polar surface area (TPSA) is 26.3 Å². The fourth-order valence-corrected chi connectivity index (χ4v) is 2.52. The minimum Gasteiger partial charge on any atom is -0.466 e. The molecule has 1 unspecified atom stereocenters. The third-order valence-corrected chi connectivity index (χ3v) is 3.59. The lowest BCUT2D eigenvalue weighted by molar-refractivity contribution is -0.136. The Morgan fingerprint density at radius 2 is 2.00 bits per heavy atom. The second-order valence-electron chi connectivity index (χ2n) is 4.86. The van der Waals surface area contributed by atoms with Gasteiger partial charge in [0.2, 0.25) is 0 Å². The molecule has 0 saturated carbocycles. The lowest BCUT2D eigenvalue weighted by atomic mass is 9.71. The molecule has 2 heteroatoms. The van der Waals surface area contributed by atoms with E-state index in [1.165, 1.54) is 12.7 Å². The van der Waals surface area contributed by atoms with Crippen LogP contribution < -0.4 is 0 Å². The third-order valence-electron chi connectivity index (χ3n) is 3.59. The molecule has 1 atom stereocenters. The molecule has 0 aliphatic heterocycles. The Kier molecular flexibility index (Phi) is 3.32. The molecule has 2 nitrogen and oxygen atoms in total. The summed E-state index contributed by atoms with van der Waals surface area (Å²) in [4.78, 5) is 11.6. The molecule has 0 amide bonds. The van der Waals surface area contributed by atoms with E-state index in [-0.39, 0.29) is 11.4 Å². The van der Waals surface area contributed by atoms with E-state index >= 15 is 0 Å². The Morgan fingerprint density at radius 3 is 2.65 bits per heavy atom. The van der Waals surface area contributed by atoms with E-state index in [1.807, 2.05) is 12.1 Å². The van der Waals surface area contributed by atoms with Crippen molar-refractivity contribution in [1.82, 2.24) is 0 Å². The number of hydrogen-bond acceptors (Lipinski definition) is 2. The van der Waals surface area contributed by atoms with Crippen LogP contribution >= 0.6 is 0 Å². The Morgan fingerprint density at radius 1 is 1.29 bits per heavy atom. The first-order chi connectivity index (χ1) is 8.15. The number of benzene rings is 1. The van der Waals surface area contributed by atoms with Crippen LogP contribution in [-0.4, -0.2) is 13.1 Å². The summed E-state index contributed by atoms with van der Waals surface area (Å²) in [7, 11) is 1.44. The largest absolute Gasteiger partial charge is 0.466 e. The van der Waals surface area contributed by atoms with Crippen molar-refractivity contribution in [2.24, 2.45) is 0 Å². The Hall–Kier alpha value is -1.57. The maximum Gasteiger partial charge on any atom is 0.333 e.